The van der Waals surface area contributed by atoms with E-state index in [-0.39, 0.29) is 30.2 Å². The van der Waals surface area contributed by atoms with Gasteiger partial charge >= 0.3 is 5.97 Å². The van der Waals surface area contributed by atoms with Crippen molar-refractivity contribution in [2.24, 2.45) is 0 Å². The summed E-state index contributed by atoms with van der Waals surface area (Å²) in [5.74, 6) is -0.729. The first kappa shape index (κ1) is 18.6. The van der Waals surface area contributed by atoms with Gasteiger partial charge in [-0.05, 0) is 51.2 Å². The van der Waals surface area contributed by atoms with Crippen molar-refractivity contribution < 1.29 is 14.3 Å². The van der Waals surface area contributed by atoms with Gasteiger partial charge in [0.15, 0.2) is 5.78 Å². The van der Waals surface area contributed by atoms with Crippen LogP contribution in [0.1, 0.15) is 55.9 Å². The number of thiophene rings is 1. The lowest BCUT2D eigenvalue weighted by atomic mass is 10.1. The van der Waals surface area contributed by atoms with Gasteiger partial charge in [0.05, 0.1) is 24.9 Å². The highest BCUT2D eigenvalue weighted by atomic mass is 32.1. The number of hydrogen-bond acceptors (Lipinski definition) is 6. The molecule has 0 unspecified atom stereocenters. The second kappa shape index (κ2) is 7.01. The van der Waals surface area contributed by atoms with E-state index in [0.29, 0.717) is 22.2 Å². The van der Waals surface area contributed by atoms with Crippen molar-refractivity contribution in [3.63, 3.8) is 0 Å². The molecule has 0 saturated heterocycles. The summed E-state index contributed by atoms with van der Waals surface area (Å²) in [6, 6.07) is 0. The molecule has 0 fully saturated rings. The minimum atomic E-state index is -0.490. The molecule has 3 aromatic heterocycles. The predicted octanol–water partition coefficient (Wildman–Crippen LogP) is 2.95. The van der Waals surface area contributed by atoms with Crippen molar-refractivity contribution in [2.75, 3.05) is 6.61 Å². The quantitative estimate of drug-likeness (QED) is 0.526. The lowest BCUT2D eigenvalue weighted by Crippen LogP contribution is -2.25. The van der Waals surface area contributed by atoms with Crippen molar-refractivity contribution in [3.05, 3.63) is 49.6 Å². The molecule has 0 amide bonds. The number of nitrogens with one attached hydrogen (secondary N) is 1. The van der Waals surface area contributed by atoms with Crippen molar-refractivity contribution in [3.8, 4) is 0 Å². The largest absolute Gasteiger partial charge is 0.461 e. The molecule has 28 heavy (non-hydrogen) atoms. The van der Waals surface area contributed by atoms with Crippen LogP contribution in [-0.2, 0) is 24.1 Å². The molecule has 0 aromatic carbocycles. The summed E-state index contributed by atoms with van der Waals surface area (Å²) in [5, 5.41) is 0.655. The average molecular weight is 399 g/mol. The maximum absolute atomic E-state index is 13.0. The van der Waals surface area contributed by atoms with Crippen molar-refractivity contribution in [1.82, 2.24) is 14.5 Å². The molecule has 1 aliphatic carbocycles. The van der Waals surface area contributed by atoms with Crippen LogP contribution in [0.25, 0.3) is 10.2 Å². The van der Waals surface area contributed by atoms with Crippen LogP contribution in [0.3, 0.4) is 0 Å². The second-order valence-electron chi connectivity index (χ2n) is 6.98. The number of ketones is 1. The van der Waals surface area contributed by atoms with Crippen LogP contribution in [0.15, 0.2) is 11.1 Å². The fourth-order valence-electron chi connectivity index (χ4n) is 3.94. The minimum absolute atomic E-state index is 0.117. The number of Topliss-reactive ketones (excluding diaryl/α,β-unsaturated/α-hetero) is 1. The first-order valence-electron chi connectivity index (χ1n) is 9.31. The molecule has 1 N–H and O–H groups in total. The van der Waals surface area contributed by atoms with E-state index in [0.717, 1.165) is 29.7 Å². The zero-order valence-corrected chi connectivity index (χ0v) is 16.9. The predicted molar refractivity (Wildman–Crippen MR) is 106 cm³/mol. The molecule has 7 nitrogen and oxygen atoms in total. The van der Waals surface area contributed by atoms with Gasteiger partial charge in [-0.3, -0.25) is 14.2 Å². The Bertz CT molecular complexity index is 1170. The zero-order chi connectivity index (χ0) is 20.0. The third-order valence-corrected chi connectivity index (χ3v) is 6.40. The van der Waals surface area contributed by atoms with Gasteiger partial charge in [0.2, 0.25) is 0 Å². The van der Waals surface area contributed by atoms with Gasteiger partial charge in [-0.15, -0.1) is 11.3 Å². The maximum atomic E-state index is 13.0. The first-order valence-corrected chi connectivity index (χ1v) is 10.1. The fourth-order valence-corrected chi connectivity index (χ4v) is 5.16. The van der Waals surface area contributed by atoms with Gasteiger partial charge in [0, 0.05) is 16.1 Å². The Kier molecular flexibility index (Phi) is 4.66. The number of ether oxygens (including phenoxy) is 1. The van der Waals surface area contributed by atoms with Crippen molar-refractivity contribution >= 4 is 33.3 Å². The van der Waals surface area contributed by atoms with Crippen LogP contribution in [0.2, 0.25) is 0 Å². The summed E-state index contributed by atoms with van der Waals surface area (Å²) >= 11 is 1.57. The van der Waals surface area contributed by atoms with Gasteiger partial charge in [-0.25, -0.2) is 9.78 Å². The standard InChI is InChI=1S/C20H21N3O4S/c1-4-27-20(26)17-10(2)15(11(3)22-17)13(24)8-23-9-21-18-16(19(23)25)12-6-5-7-14(12)28-18/h9,22H,4-8H2,1-3H3. The van der Waals surface area contributed by atoms with Crippen LogP contribution in [0, 0.1) is 13.8 Å². The first-order chi connectivity index (χ1) is 13.4. The number of aromatic nitrogens is 3. The van der Waals surface area contributed by atoms with Gasteiger partial charge in [-0.2, -0.15) is 0 Å². The smallest absolute Gasteiger partial charge is 0.355 e. The molecular weight excluding hydrogens is 378 g/mol. The third-order valence-electron chi connectivity index (χ3n) is 5.20. The number of rotatable bonds is 5. The molecule has 4 rings (SSSR count). The van der Waals surface area contributed by atoms with E-state index in [9.17, 15) is 14.4 Å². The van der Waals surface area contributed by atoms with E-state index in [1.165, 1.54) is 15.8 Å². The van der Waals surface area contributed by atoms with E-state index >= 15 is 0 Å². The van der Waals surface area contributed by atoms with Gasteiger partial charge in [0.1, 0.15) is 10.5 Å². The lowest BCUT2D eigenvalue weighted by molar-refractivity contribution is 0.0519. The van der Waals surface area contributed by atoms with Crippen LogP contribution < -0.4 is 5.56 Å². The Balaban J connectivity index is 1.69. The van der Waals surface area contributed by atoms with E-state index in [4.69, 9.17) is 4.74 Å². The van der Waals surface area contributed by atoms with E-state index in [1.54, 1.807) is 32.1 Å². The molecule has 3 heterocycles. The minimum Gasteiger partial charge on any atom is -0.461 e. The Hall–Kier alpha value is -2.74. The zero-order valence-electron chi connectivity index (χ0n) is 16.0. The lowest BCUT2D eigenvalue weighted by Gasteiger charge is -2.06. The summed E-state index contributed by atoms with van der Waals surface area (Å²) < 4.78 is 6.40. The maximum Gasteiger partial charge on any atom is 0.355 e. The van der Waals surface area contributed by atoms with Crippen molar-refractivity contribution in [1.29, 1.82) is 0 Å². The topological polar surface area (TPSA) is 94.1 Å². The Morgan fingerprint density at radius 1 is 1.32 bits per heavy atom. The molecule has 0 bridgehead atoms. The third kappa shape index (κ3) is 2.88. The van der Waals surface area contributed by atoms with Crippen LogP contribution >= 0.6 is 11.3 Å². The average Bonchev–Trinajstić information content (AvgIpc) is 3.30. The van der Waals surface area contributed by atoms with E-state index < -0.39 is 5.97 Å². The highest BCUT2D eigenvalue weighted by Crippen LogP contribution is 2.34. The fraction of sp³-hybridized carbons (Fsp3) is 0.400. The SMILES string of the molecule is CCOC(=O)c1[nH]c(C)c(C(=O)Cn2cnc3sc4c(c3c2=O)CCC4)c1C. The number of fused-ring (bicyclic) bond motifs is 3. The number of H-pyrrole nitrogens is 1. The van der Waals surface area contributed by atoms with Crippen LogP contribution in [0.5, 0.6) is 0 Å². The number of esters is 1. The summed E-state index contributed by atoms with van der Waals surface area (Å²) in [4.78, 5) is 47.3. The van der Waals surface area contributed by atoms with Gasteiger partial charge in [-0.1, -0.05) is 0 Å². The summed E-state index contributed by atoms with van der Waals surface area (Å²) in [6.07, 6.45) is 4.39. The van der Waals surface area contributed by atoms with Gasteiger partial charge < -0.3 is 9.72 Å². The Morgan fingerprint density at radius 2 is 2.11 bits per heavy atom. The molecule has 0 spiro atoms. The van der Waals surface area contributed by atoms with Crippen LogP contribution in [0.4, 0.5) is 0 Å². The number of aryl methyl sites for hydroxylation is 3. The molecule has 1 aliphatic rings. The molecule has 0 atom stereocenters. The second-order valence-corrected chi connectivity index (χ2v) is 8.07. The number of carbonyl (C=O) groups is 2. The van der Waals surface area contributed by atoms with E-state index in [1.807, 2.05) is 0 Å². The van der Waals surface area contributed by atoms with Gasteiger partial charge in [0.25, 0.3) is 5.56 Å². The number of carbonyl (C=O) groups excluding carboxylic acids is 2. The van der Waals surface area contributed by atoms with Crippen LogP contribution in [-0.4, -0.2) is 32.9 Å². The molecule has 0 aliphatic heterocycles. The molecule has 146 valence electrons. The highest BCUT2D eigenvalue weighted by molar-refractivity contribution is 7.18. The number of aromatic amines is 1. The monoisotopic (exact) mass is 399 g/mol. The molecule has 8 heteroatoms. The Labute approximate surface area is 165 Å². The molecule has 0 saturated carbocycles. The van der Waals surface area contributed by atoms with E-state index in [2.05, 4.69) is 9.97 Å². The summed E-state index contributed by atoms with van der Waals surface area (Å²) in [6.45, 7) is 5.31. The molecule has 0 radical (unpaired) electrons. The number of nitrogens with zero attached hydrogens (tertiary/aromatic N) is 2. The molecular formula is C20H21N3O4S. The normalized spacial score (nSPS) is 13.1. The summed E-state index contributed by atoms with van der Waals surface area (Å²) in [7, 11) is 0. The van der Waals surface area contributed by atoms with Crippen molar-refractivity contribution in [2.45, 2.75) is 46.6 Å². The number of hydrogen-bond donors (Lipinski definition) is 1. The Morgan fingerprint density at radius 3 is 2.86 bits per heavy atom. The highest BCUT2D eigenvalue weighted by Gasteiger charge is 2.25. The molecule has 3 aromatic rings. The summed E-state index contributed by atoms with van der Waals surface area (Å²) in [5.41, 5.74) is 2.75.